The average molecular weight is 436 g/mol. The summed E-state index contributed by atoms with van der Waals surface area (Å²) in [5.41, 5.74) is 5.51. The zero-order chi connectivity index (χ0) is 25.8. The number of rotatable bonds is 3. The van der Waals surface area contributed by atoms with Gasteiger partial charge >= 0.3 is 0 Å². The van der Waals surface area contributed by atoms with Crippen LogP contribution in [0.15, 0.2) is 120 Å². The van der Waals surface area contributed by atoms with Gasteiger partial charge in [-0.05, 0) is 52.1 Å². The summed E-state index contributed by atoms with van der Waals surface area (Å²) in [5, 5.41) is 2.13. The molecular formula is C30H19ClO. The Kier molecular flexibility index (Phi) is 3.44. The van der Waals surface area contributed by atoms with Crippen LogP contribution < -0.4 is 0 Å². The molecule has 1 heterocycles. The van der Waals surface area contributed by atoms with E-state index >= 15 is 0 Å². The predicted octanol–water partition coefficient (Wildman–Crippen LogP) is 9.24. The molecule has 0 unspecified atom stereocenters. The molecule has 0 amide bonds. The standard InChI is InChI=1S/C30H19ClO/c31-25-15-16-26-28-18-24(22-13-11-21(12-14-22)20-7-3-1-4-8-20)17-27(23-9-5-2-6-10-23)30(28)32-29(26)19-25/h1-19H/i2D,5D,6D,9D,10D. The summed E-state index contributed by atoms with van der Waals surface area (Å²) in [6, 6.07) is 25.7. The van der Waals surface area contributed by atoms with Crippen LogP contribution in [0.25, 0.3) is 55.3 Å². The molecule has 152 valence electrons. The molecule has 5 aromatic carbocycles. The van der Waals surface area contributed by atoms with Crippen molar-refractivity contribution in [3.63, 3.8) is 0 Å². The first-order chi connectivity index (χ1) is 17.8. The van der Waals surface area contributed by atoms with Gasteiger partial charge in [-0.2, -0.15) is 0 Å². The minimum Gasteiger partial charge on any atom is -0.455 e. The Balaban J connectivity index is 1.64. The fraction of sp³-hybridized carbons (Fsp3) is 0. The molecule has 0 atom stereocenters. The number of furan rings is 1. The molecule has 0 fully saturated rings. The van der Waals surface area contributed by atoms with E-state index in [1.165, 1.54) is 0 Å². The number of hydrogen-bond acceptors (Lipinski definition) is 1. The number of halogens is 1. The lowest BCUT2D eigenvalue weighted by atomic mass is 9.94. The summed E-state index contributed by atoms with van der Waals surface area (Å²) < 4.78 is 47.7. The van der Waals surface area contributed by atoms with Crippen LogP contribution in [-0.2, 0) is 0 Å². The molecule has 0 saturated carbocycles. The maximum Gasteiger partial charge on any atom is 0.143 e. The predicted molar refractivity (Wildman–Crippen MR) is 135 cm³/mol. The monoisotopic (exact) mass is 435 g/mol. The third-order valence-corrected chi connectivity index (χ3v) is 5.86. The number of fused-ring (bicyclic) bond motifs is 3. The first-order valence-electron chi connectivity index (χ1n) is 12.7. The average Bonchev–Trinajstić information content (AvgIpc) is 3.29. The SMILES string of the molecule is [2H]c1c([2H])c([2H])c(-c2cc(-c3ccc(-c4ccccc4)cc3)cc3c2oc2cc(Cl)ccc23)c([2H])c1[2H]. The minimum atomic E-state index is -0.431. The van der Waals surface area contributed by atoms with Crippen LogP contribution in [0, 0.1) is 0 Å². The van der Waals surface area contributed by atoms with Gasteiger partial charge in [-0.15, -0.1) is 0 Å². The van der Waals surface area contributed by atoms with Crippen LogP contribution in [0.5, 0.6) is 0 Å². The zero-order valence-electron chi connectivity index (χ0n) is 21.9. The normalized spacial score (nSPS) is 13.5. The Morgan fingerprint density at radius 2 is 1.28 bits per heavy atom. The third-order valence-electron chi connectivity index (χ3n) is 5.63. The molecular weight excluding hydrogens is 412 g/mol. The van der Waals surface area contributed by atoms with Crippen LogP contribution in [0.2, 0.25) is 5.02 Å². The Bertz CT molecular complexity index is 1800. The maximum absolute atomic E-state index is 8.58. The first kappa shape index (κ1) is 14.3. The molecule has 0 radical (unpaired) electrons. The molecule has 0 spiro atoms. The highest BCUT2D eigenvalue weighted by Crippen LogP contribution is 2.40. The van der Waals surface area contributed by atoms with Gasteiger partial charge in [-0.25, -0.2) is 0 Å². The van der Waals surface area contributed by atoms with E-state index in [2.05, 4.69) is 12.1 Å². The quantitative estimate of drug-likeness (QED) is 0.270. The highest BCUT2D eigenvalue weighted by Gasteiger charge is 2.15. The summed E-state index contributed by atoms with van der Waals surface area (Å²) in [5.74, 6) is 0. The van der Waals surface area contributed by atoms with Crippen molar-refractivity contribution in [3.05, 3.63) is 120 Å². The largest absolute Gasteiger partial charge is 0.455 e. The van der Waals surface area contributed by atoms with Gasteiger partial charge in [0.2, 0.25) is 0 Å². The van der Waals surface area contributed by atoms with Crippen molar-refractivity contribution < 1.29 is 11.3 Å². The van der Waals surface area contributed by atoms with Crippen molar-refractivity contribution in [2.75, 3.05) is 0 Å². The van der Waals surface area contributed by atoms with Gasteiger partial charge in [0.05, 0.1) is 6.85 Å². The lowest BCUT2D eigenvalue weighted by Gasteiger charge is -2.09. The van der Waals surface area contributed by atoms with Crippen molar-refractivity contribution in [3.8, 4) is 33.4 Å². The zero-order valence-corrected chi connectivity index (χ0v) is 17.6. The molecule has 0 aliphatic rings. The van der Waals surface area contributed by atoms with Crippen LogP contribution in [0.3, 0.4) is 0 Å². The molecule has 0 N–H and O–H groups in total. The van der Waals surface area contributed by atoms with E-state index in [9.17, 15) is 0 Å². The molecule has 1 aromatic heterocycles. The summed E-state index contributed by atoms with van der Waals surface area (Å²) in [4.78, 5) is 0. The van der Waals surface area contributed by atoms with Gasteiger partial charge < -0.3 is 4.42 Å². The highest BCUT2D eigenvalue weighted by molar-refractivity contribution is 6.31. The molecule has 2 heteroatoms. The first-order valence-corrected chi connectivity index (χ1v) is 10.6. The van der Waals surface area contributed by atoms with Gasteiger partial charge in [-0.1, -0.05) is 96.4 Å². The Hall–Kier alpha value is -3.81. The van der Waals surface area contributed by atoms with Gasteiger partial charge in [0.1, 0.15) is 11.2 Å². The van der Waals surface area contributed by atoms with Gasteiger partial charge in [0.15, 0.2) is 0 Å². The lowest BCUT2D eigenvalue weighted by Crippen LogP contribution is -1.84. The van der Waals surface area contributed by atoms with Gasteiger partial charge in [0, 0.05) is 27.4 Å². The van der Waals surface area contributed by atoms with Gasteiger partial charge in [-0.3, -0.25) is 0 Å². The second-order valence-electron chi connectivity index (χ2n) is 7.59. The van der Waals surface area contributed by atoms with E-state index in [1.54, 1.807) is 12.1 Å². The second kappa shape index (κ2) is 7.71. The number of hydrogen-bond donors (Lipinski definition) is 0. The molecule has 0 saturated heterocycles. The minimum absolute atomic E-state index is 0.101. The topological polar surface area (TPSA) is 13.1 Å². The molecule has 6 rings (SSSR count). The Morgan fingerprint density at radius 3 is 2.03 bits per heavy atom. The van der Waals surface area contributed by atoms with E-state index in [-0.39, 0.29) is 29.7 Å². The lowest BCUT2D eigenvalue weighted by molar-refractivity contribution is 0.670. The van der Waals surface area contributed by atoms with E-state index in [4.69, 9.17) is 22.9 Å². The van der Waals surface area contributed by atoms with Crippen molar-refractivity contribution in [1.29, 1.82) is 0 Å². The summed E-state index contributed by atoms with van der Waals surface area (Å²) in [6.45, 7) is 0. The smallest absolute Gasteiger partial charge is 0.143 e. The fourth-order valence-corrected chi connectivity index (χ4v) is 4.24. The van der Waals surface area contributed by atoms with E-state index in [0.29, 0.717) is 21.8 Å². The molecule has 32 heavy (non-hydrogen) atoms. The molecule has 0 aliphatic heterocycles. The maximum atomic E-state index is 8.58. The molecule has 0 bridgehead atoms. The molecule has 0 aliphatic carbocycles. The van der Waals surface area contributed by atoms with Crippen molar-refractivity contribution in [1.82, 2.24) is 0 Å². The summed E-state index contributed by atoms with van der Waals surface area (Å²) >= 11 is 6.21. The number of benzene rings is 5. The van der Waals surface area contributed by atoms with E-state index < -0.39 is 6.04 Å². The Morgan fingerprint density at radius 1 is 0.594 bits per heavy atom. The fourth-order valence-electron chi connectivity index (χ4n) is 4.07. The van der Waals surface area contributed by atoms with Gasteiger partial charge in [0.25, 0.3) is 0 Å². The van der Waals surface area contributed by atoms with E-state index in [1.807, 2.05) is 60.7 Å². The Labute approximate surface area is 198 Å². The summed E-state index contributed by atoms with van der Waals surface area (Å²) in [6.07, 6.45) is 0. The van der Waals surface area contributed by atoms with Crippen molar-refractivity contribution >= 4 is 33.5 Å². The second-order valence-corrected chi connectivity index (χ2v) is 8.02. The van der Waals surface area contributed by atoms with Crippen LogP contribution in [0.1, 0.15) is 6.85 Å². The summed E-state index contributed by atoms with van der Waals surface area (Å²) in [7, 11) is 0. The van der Waals surface area contributed by atoms with Crippen molar-refractivity contribution in [2.24, 2.45) is 0 Å². The van der Waals surface area contributed by atoms with Crippen LogP contribution in [0.4, 0.5) is 0 Å². The third kappa shape index (κ3) is 3.28. The van der Waals surface area contributed by atoms with E-state index in [0.717, 1.165) is 33.0 Å². The van der Waals surface area contributed by atoms with Crippen molar-refractivity contribution in [2.45, 2.75) is 0 Å². The van der Waals surface area contributed by atoms with Crippen LogP contribution in [-0.4, -0.2) is 0 Å². The highest BCUT2D eigenvalue weighted by atomic mass is 35.5. The molecule has 1 nitrogen and oxygen atoms in total. The van der Waals surface area contributed by atoms with Crippen LogP contribution >= 0.6 is 11.6 Å². The molecule has 6 aromatic rings.